The zero-order chi connectivity index (χ0) is 16.8. The van der Waals surface area contributed by atoms with E-state index >= 15 is 0 Å². The molecule has 0 radical (unpaired) electrons. The van der Waals surface area contributed by atoms with Gasteiger partial charge in [0.2, 0.25) is 5.91 Å². The maximum Gasteiger partial charge on any atom is 0.248 e. The number of anilines is 1. The van der Waals surface area contributed by atoms with Gasteiger partial charge >= 0.3 is 0 Å². The molecule has 0 saturated heterocycles. The largest absolute Gasteiger partial charge is 0.323 e. The smallest absolute Gasteiger partial charge is 0.248 e. The molecule has 0 atom stereocenters. The number of nitrogens with one attached hydrogen (secondary N) is 1. The van der Waals surface area contributed by atoms with E-state index in [9.17, 15) is 4.79 Å². The lowest BCUT2D eigenvalue weighted by Crippen LogP contribution is -2.07. The quantitative estimate of drug-likeness (QED) is 0.678. The first-order valence-corrected chi connectivity index (χ1v) is 8.98. The summed E-state index contributed by atoms with van der Waals surface area (Å²) in [4.78, 5) is 13.0. The normalized spacial score (nSPS) is 10.9. The summed E-state index contributed by atoms with van der Waals surface area (Å²) < 4.78 is 0.896. The van der Waals surface area contributed by atoms with Gasteiger partial charge in [0.05, 0.1) is 0 Å². The van der Waals surface area contributed by atoms with Crippen LogP contribution in [0.15, 0.2) is 69.4 Å². The zero-order valence-corrected chi connectivity index (χ0v) is 14.6. The van der Waals surface area contributed by atoms with Crippen molar-refractivity contribution in [2.75, 3.05) is 5.32 Å². The molecule has 6 heteroatoms. The van der Waals surface area contributed by atoms with Crippen LogP contribution in [0.4, 0.5) is 5.69 Å². The summed E-state index contributed by atoms with van der Waals surface area (Å²) in [5, 5.41) is 10.7. The van der Waals surface area contributed by atoms with Crippen LogP contribution < -0.4 is 5.32 Å². The molecule has 0 fully saturated rings. The standard InChI is InChI=1S/C18H15N3OS2/c1-13-3-2-4-14(11-13)5-10-17(22)20-15-6-8-16(9-7-15)24-18-21-19-12-23-18/h2-12H,1H3,(H,20,22)/b10-5+. The molecule has 2 aromatic carbocycles. The summed E-state index contributed by atoms with van der Waals surface area (Å²) in [6, 6.07) is 15.7. The average molecular weight is 353 g/mol. The second kappa shape index (κ2) is 7.90. The monoisotopic (exact) mass is 353 g/mol. The second-order valence-corrected chi connectivity index (χ2v) is 7.22. The van der Waals surface area contributed by atoms with Crippen molar-refractivity contribution in [3.8, 4) is 0 Å². The first-order valence-electron chi connectivity index (χ1n) is 7.29. The van der Waals surface area contributed by atoms with Crippen LogP contribution in [-0.4, -0.2) is 16.1 Å². The molecular formula is C18H15N3OS2. The van der Waals surface area contributed by atoms with Crippen LogP contribution in [0.3, 0.4) is 0 Å². The van der Waals surface area contributed by atoms with Gasteiger partial charge in [0.25, 0.3) is 0 Å². The van der Waals surface area contributed by atoms with Crippen LogP contribution in [0.2, 0.25) is 0 Å². The Hall–Kier alpha value is -2.44. The molecule has 0 aliphatic carbocycles. The molecule has 24 heavy (non-hydrogen) atoms. The van der Waals surface area contributed by atoms with Crippen molar-refractivity contribution < 1.29 is 4.79 Å². The summed E-state index contributed by atoms with van der Waals surface area (Å²) in [5.41, 5.74) is 4.64. The highest BCUT2D eigenvalue weighted by molar-refractivity contribution is 8.01. The Bertz CT molecular complexity index is 843. The van der Waals surface area contributed by atoms with E-state index < -0.39 is 0 Å². The molecule has 0 bridgehead atoms. The van der Waals surface area contributed by atoms with Gasteiger partial charge in [-0.15, -0.1) is 10.2 Å². The van der Waals surface area contributed by atoms with E-state index in [1.807, 2.05) is 61.5 Å². The van der Waals surface area contributed by atoms with Gasteiger partial charge in [-0.05, 0) is 42.8 Å². The predicted octanol–water partition coefficient (Wildman–Crippen LogP) is 4.65. The number of amides is 1. The fourth-order valence-corrected chi connectivity index (χ4v) is 3.49. The van der Waals surface area contributed by atoms with Crippen molar-refractivity contribution in [1.82, 2.24) is 10.2 Å². The van der Waals surface area contributed by atoms with E-state index in [4.69, 9.17) is 0 Å². The average Bonchev–Trinajstić information content (AvgIpc) is 3.08. The van der Waals surface area contributed by atoms with E-state index in [2.05, 4.69) is 15.5 Å². The maximum atomic E-state index is 12.0. The molecular weight excluding hydrogens is 338 g/mol. The predicted molar refractivity (Wildman–Crippen MR) is 99.3 cm³/mol. The van der Waals surface area contributed by atoms with Crippen molar-refractivity contribution in [1.29, 1.82) is 0 Å². The number of carbonyl (C=O) groups is 1. The van der Waals surface area contributed by atoms with Gasteiger partial charge < -0.3 is 5.32 Å². The summed E-state index contributed by atoms with van der Waals surface area (Å²) in [6.07, 6.45) is 3.35. The minimum atomic E-state index is -0.152. The number of benzene rings is 2. The van der Waals surface area contributed by atoms with E-state index in [0.717, 1.165) is 20.5 Å². The van der Waals surface area contributed by atoms with Crippen LogP contribution in [0, 0.1) is 6.92 Å². The molecule has 1 aromatic heterocycles. The molecule has 0 aliphatic rings. The third-order valence-electron chi connectivity index (χ3n) is 3.14. The van der Waals surface area contributed by atoms with Crippen LogP contribution in [0.25, 0.3) is 6.08 Å². The van der Waals surface area contributed by atoms with Gasteiger partial charge in [0.1, 0.15) is 5.51 Å². The summed E-state index contributed by atoms with van der Waals surface area (Å²) in [7, 11) is 0. The third-order valence-corrected chi connectivity index (χ3v) is 4.92. The molecule has 3 aromatic rings. The Balaban J connectivity index is 1.58. The third kappa shape index (κ3) is 4.78. The number of aromatic nitrogens is 2. The molecule has 3 rings (SSSR count). The van der Waals surface area contributed by atoms with Gasteiger partial charge in [-0.25, -0.2) is 0 Å². The SMILES string of the molecule is Cc1cccc(/C=C/C(=O)Nc2ccc(Sc3nncs3)cc2)c1. The highest BCUT2D eigenvalue weighted by Gasteiger charge is 2.02. The number of hydrogen-bond acceptors (Lipinski definition) is 5. The molecule has 0 unspecified atom stereocenters. The van der Waals surface area contributed by atoms with Crippen LogP contribution >= 0.6 is 23.1 Å². The number of hydrogen-bond donors (Lipinski definition) is 1. The highest BCUT2D eigenvalue weighted by Crippen LogP contribution is 2.29. The van der Waals surface area contributed by atoms with Crippen molar-refractivity contribution in [3.05, 3.63) is 71.2 Å². The molecule has 0 aliphatic heterocycles. The van der Waals surface area contributed by atoms with E-state index in [0.29, 0.717) is 0 Å². The van der Waals surface area contributed by atoms with Crippen molar-refractivity contribution in [2.45, 2.75) is 16.2 Å². The van der Waals surface area contributed by atoms with Gasteiger partial charge in [0, 0.05) is 16.7 Å². The summed E-state index contributed by atoms with van der Waals surface area (Å²) in [6.45, 7) is 2.03. The number of nitrogens with zero attached hydrogens (tertiary/aromatic N) is 2. The van der Waals surface area contributed by atoms with Crippen LogP contribution in [0.5, 0.6) is 0 Å². The number of rotatable bonds is 5. The Kier molecular flexibility index (Phi) is 5.40. The van der Waals surface area contributed by atoms with Gasteiger partial charge in [-0.2, -0.15) is 0 Å². The first-order chi connectivity index (χ1) is 11.7. The molecule has 1 amide bonds. The molecule has 1 heterocycles. The topological polar surface area (TPSA) is 54.9 Å². The molecule has 1 N–H and O–H groups in total. The fourth-order valence-electron chi connectivity index (χ4n) is 2.04. The van der Waals surface area contributed by atoms with Crippen LogP contribution in [-0.2, 0) is 4.79 Å². The minimum absolute atomic E-state index is 0.152. The minimum Gasteiger partial charge on any atom is -0.323 e. The van der Waals surface area contributed by atoms with E-state index in [-0.39, 0.29) is 5.91 Å². The van der Waals surface area contributed by atoms with Crippen LogP contribution in [0.1, 0.15) is 11.1 Å². The second-order valence-electron chi connectivity index (χ2n) is 5.07. The lowest BCUT2D eigenvalue weighted by Gasteiger charge is -2.03. The zero-order valence-electron chi connectivity index (χ0n) is 13.0. The van der Waals surface area contributed by atoms with E-state index in [1.165, 1.54) is 16.9 Å². The van der Waals surface area contributed by atoms with Crippen molar-refractivity contribution in [3.63, 3.8) is 0 Å². The maximum absolute atomic E-state index is 12.0. The number of carbonyl (C=O) groups excluding carboxylic acids is 1. The Morgan fingerprint density at radius 1 is 1.21 bits per heavy atom. The van der Waals surface area contributed by atoms with Crippen molar-refractivity contribution >= 4 is 40.8 Å². The Labute approximate surface area is 148 Å². The fraction of sp³-hybridized carbons (Fsp3) is 0.0556. The molecule has 4 nitrogen and oxygen atoms in total. The number of aryl methyl sites for hydroxylation is 1. The molecule has 0 spiro atoms. The van der Waals surface area contributed by atoms with Gasteiger partial charge in [0.15, 0.2) is 4.34 Å². The summed E-state index contributed by atoms with van der Waals surface area (Å²) in [5.74, 6) is -0.152. The Morgan fingerprint density at radius 3 is 2.75 bits per heavy atom. The van der Waals surface area contributed by atoms with Crippen molar-refractivity contribution in [2.24, 2.45) is 0 Å². The molecule has 120 valence electrons. The summed E-state index contributed by atoms with van der Waals surface area (Å²) >= 11 is 3.05. The van der Waals surface area contributed by atoms with Gasteiger partial charge in [-0.3, -0.25) is 4.79 Å². The highest BCUT2D eigenvalue weighted by atomic mass is 32.2. The molecule has 0 saturated carbocycles. The Morgan fingerprint density at radius 2 is 2.04 bits per heavy atom. The first kappa shape index (κ1) is 16.4. The lowest BCUT2D eigenvalue weighted by molar-refractivity contribution is -0.111. The lowest BCUT2D eigenvalue weighted by atomic mass is 10.1. The van der Waals surface area contributed by atoms with E-state index in [1.54, 1.807) is 23.3 Å². The van der Waals surface area contributed by atoms with Gasteiger partial charge in [-0.1, -0.05) is 52.9 Å².